The summed E-state index contributed by atoms with van der Waals surface area (Å²) < 4.78 is 0. The van der Waals surface area contributed by atoms with Gasteiger partial charge in [0.15, 0.2) is 0 Å². The fourth-order valence-corrected chi connectivity index (χ4v) is 1.81. The molecule has 0 atom stereocenters. The second-order valence-electron chi connectivity index (χ2n) is 4.42. The number of aromatic nitrogens is 1. The molecule has 2 aromatic rings. The zero-order valence-electron chi connectivity index (χ0n) is 10.9. The lowest BCUT2D eigenvalue weighted by Crippen LogP contribution is -2.26. The van der Waals surface area contributed by atoms with Crippen molar-refractivity contribution in [1.29, 1.82) is 0 Å². The van der Waals surface area contributed by atoms with E-state index in [-0.39, 0.29) is 5.91 Å². The molecule has 1 amide bonds. The minimum atomic E-state index is -0.142. The molecule has 0 unspecified atom stereocenters. The van der Waals surface area contributed by atoms with Gasteiger partial charge in [-0.2, -0.15) is 0 Å². The normalized spacial score (nSPS) is 10.2. The van der Waals surface area contributed by atoms with Gasteiger partial charge in [0, 0.05) is 30.5 Å². The summed E-state index contributed by atoms with van der Waals surface area (Å²) >= 11 is 0. The SMILES string of the molecule is Cc1ccc(N)c(C(=O)NCCc2ccccn2)c1. The Labute approximate surface area is 112 Å². The van der Waals surface area contributed by atoms with Gasteiger partial charge in [-0.15, -0.1) is 0 Å². The summed E-state index contributed by atoms with van der Waals surface area (Å²) in [5, 5.41) is 2.86. The molecule has 0 spiro atoms. The first-order valence-corrected chi connectivity index (χ1v) is 6.21. The average molecular weight is 255 g/mol. The number of benzene rings is 1. The van der Waals surface area contributed by atoms with Crippen LogP contribution in [0.1, 0.15) is 21.6 Å². The number of carbonyl (C=O) groups excluding carboxylic acids is 1. The molecule has 1 aromatic heterocycles. The topological polar surface area (TPSA) is 68.0 Å². The van der Waals surface area contributed by atoms with Gasteiger partial charge in [-0.3, -0.25) is 9.78 Å². The van der Waals surface area contributed by atoms with Gasteiger partial charge in [-0.1, -0.05) is 17.7 Å². The van der Waals surface area contributed by atoms with Crippen LogP contribution in [-0.2, 0) is 6.42 Å². The molecule has 3 N–H and O–H groups in total. The molecule has 0 aliphatic carbocycles. The van der Waals surface area contributed by atoms with Crippen LogP contribution in [0.5, 0.6) is 0 Å². The number of pyridine rings is 1. The number of nitrogens with two attached hydrogens (primary N) is 1. The zero-order chi connectivity index (χ0) is 13.7. The highest BCUT2D eigenvalue weighted by Gasteiger charge is 2.09. The van der Waals surface area contributed by atoms with Crippen LogP contribution in [0.25, 0.3) is 0 Å². The number of nitrogen functional groups attached to an aromatic ring is 1. The van der Waals surface area contributed by atoms with E-state index in [1.807, 2.05) is 31.2 Å². The average Bonchev–Trinajstić information content (AvgIpc) is 2.42. The molecule has 4 heteroatoms. The second kappa shape index (κ2) is 6.00. The number of nitrogens with one attached hydrogen (secondary N) is 1. The summed E-state index contributed by atoms with van der Waals surface area (Å²) in [7, 11) is 0. The van der Waals surface area contributed by atoms with E-state index in [4.69, 9.17) is 5.73 Å². The van der Waals surface area contributed by atoms with Crippen LogP contribution in [0.15, 0.2) is 42.6 Å². The van der Waals surface area contributed by atoms with Crippen LogP contribution >= 0.6 is 0 Å². The molecule has 1 aromatic carbocycles. The first kappa shape index (κ1) is 13.1. The molecule has 19 heavy (non-hydrogen) atoms. The van der Waals surface area contributed by atoms with Crippen molar-refractivity contribution in [3.63, 3.8) is 0 Å². The molecule has 4 nitrogen and oxygen atoms in total. The van der Waals surface area contributed by atoms with Crippen molar-refractivity contribution in [1.82, 2.24) is 10.3 Å². The predicted octanol–water partition coefficient (Wildman–Crippen LogP) is 1.94. The Morgan fingerprint density at radius 2 is 2.16 bits per heavy atom. The minimum absolute atomic E-state index is 0.142. The first-order chi connectivity index (χ1) is 9.16. The highest BCUT2D eigenvalue weighted by Crippen LogP contribution is 2.13. The standard InChI is InChI=1S/C15H17N3O/c1-11-5-6-14(16)13(10-11)15(19)18-9-7-12-4-2-3-8-17-12/h2-6,8,10H,7,9,16H2,1H3,(H,18,19). The van der Waals surface area contributed by atoms with Crippen LogP contribution in [0.4, 0.5) is 5.69 Å². The molecule has 0 bridgehead atoms. The maximum atomic E-state index is 12.0. The quantitative estimate of drug-likeness (QED) is 0.820. The van der Waals surface area contributed by atoms with E-state index in [1.165, 1.54) is 0 Å². The number of rotatable bonds is 4. The van der Waals surface area contributed by atoms with Crippen molar-refractivity contribution >= 4 is 11.6 Å². The molecular formula is C15H17N3O. The molecule has 98 valence electrons. The van der Waals surface area contributed by atoms with Gasteiger partial charge in [0.1, 0.15) is 0 Å². The van der Waals surface area contributed by atoms with Crippen molar-refractivity contribution in [3.8, 4) is 0 Å². The Hall–Kier alpha value is -2.36. The van der Waals surface area contributed by atoms with Crippen molar-refractivity contribution in [3.05, 3.63) is 59.4 Å². The van der Waals surface area contributed by atoms with E-state index in [2.05, 4.69) is 10.3 Å². The summed E-state index contributed by atoms with van der Waals surface area (Å²) in [6, 6.07) is 11.2. The zero-order valence-corrected chi connectivity index (χ0v) is 10.9. The maximum absolute atomic E-state index is 12.0. The Morgan fingerprint density at radius 1 is 1.32 bits per heavy atom. The van der Waals surface area contributed by atoms with Gasteiger partial charge in [-0.05, 0) is 31.2 Å². The van der Waals surface area contributed by atoms with Crippen LogP contribution in [0.2, 0.25) is 0 Å². The molecule has 0 aliphatic heterocycles. The fourth-order valence-electron chi connectivity index (χ4n) is 1.81. The van der Waals surface area contributed by atoms with Gasteiger partial charge < -0.3 is 11.1 Å². The first-order valence-electron chi connectivity index (χ1n) is 6.21. The van der Waals surface area contributed by atoms with E-state index in [9.17, 15) is 4.79 Å². The van der Waals surface area contributed by atoms with E-state index in [0.717, 1.165) is 11.3 Å². The molecule has 0 radical (unpaired) electrons. The summed E-state index contributed by atoms with van der Waals surface area (Å²) in [6.45, 7) is 2.48. The smallest absolute Gasteiger partial charge is 0.253 e. The Kier molecular flexibility index (Phi) is 4.13. The van der Waals surface area contributed by atoms with Gasteiger partial charge in [0.05, 0.1) is 5.56 Å². The number of carbonyl (C=O) groups is 1. The van der Waals surface area contributed by atoms with Crippen molar-refractivity contribution in [2.45, 2.75) is 13.3 Å². The molecule has 0 saturated carbocycles. The van der Waals surface area contributed by atoms with Crippen LogP contribution in [0, 0.1) is 6.92 Å². The van der Waals surface area contributed by atoms with E-state index in [1.54, 1.807) is 18.3 Å². The second-order valence-corrected chi connectivity index (χ2v) is 4.42. The highest BCUT2D eigenvalue weighted by atomic mass is 16.1. The van der Waals surface area contributed by atoms with Crippen LogP contribution in [-0.4, -0.2) is 17.4 Å². The lowest BCUT2D eigenvalue weighted by Gasteiger charge is -2.08. The summed E-state index contributed by atoms with van der Waals surface area (Å²) in [4.78, 5) is 16.2. The largest absolute Gasteiger partial charge is 0.398 e. The van der Waals surface area contributed by atoms with Gasteiger partial charge in [-0.25, -0.2) is 0 Å². The van der Waals surface area contributed by atoms with Gasteiger partial charge in [0.25, 0.3) is 5.91 Å². The Bertz CT molecular complexity index is 567. The third-order valence-electron chi connectivity index (χ3n) is 2.85. The number of nitrogens with zero attached hydrogens (tertiary/aromatic N) is 1. The van der Waals surface area contributed by atoms with Gasteiger partial charge >= 0.3 is 0 Å². The summed E-state index contributed by atoms with van der Waals surface area (Å²) in [5.74, 6) is -0.142. The number of amides is 1. The van der Waals surface area contributed by atoms with E-state index < -0.39 is 0 Å². The van der Waals surface area contributed by atoms with Gasteiger partial charge in [0.2, 0.25) is 0 Å². The predicted molar refractivity (Wildman–Crippen MR) is 75.9 cm³/mol. The molecule has 0 aliphatic rings. The third kappa shape index (κ3) is 3.55. The summed E-state index contributed by atoms with van der Waals surface area (Å²) in [5.41, 5.74) is 8.81. The van der Waals surface area contributed by atoms with Crippen LogP contribution < -0.4 is 11.1 Å². The van der Waals surface area contributed by atoms with Crippen LogP contribution in [0.3, 0.4) is 0 Å². The monoisotopic (exact) mass is 255 g/mol. The lowest BCUT2D eigenvalue weighted by molar-refractivity contribution is 0.0955. The van der Waals surface area contributed by atoms with Crippen molar-refractivity contribution in [2.75, 3.05) is 12.3 Å². The molecule has 0 saturated heterocycles. The lowest BCUT2D eigenvalue weighted by atomic mass is 10.1. The Morgan fingerprint density at radius 3 is 2.89 bits per heavy atom. The number of hydrogen-bond donors (Lipinski definition) is 2. The Balaban J connectivity index is 1.93. The maximum Gasteiger partial charge on any atom is 0.253 e. The van der Waals surface area contributed by atoms with E-state index in [0.29, 0.717) is 24.2 Å². The van der Waals surface area contributed by atoms with Crippen molar-refractivity contribution < 1.29 is 4.79 Å². The molecule has 1 heterocycles. The highest BCUT2D eigenvalue weighted by molar-refractivity contribution is 5.99. The fraction of sp³-hybridized carbons (Fsp3) is 0.200. The molecule has 2 rings (SSSR count). The number of aryl methyl sites for hydroxylation is 1. The molecule has 0 fully saturated rings. The minimum Gasteiger partial charge on any atom is -0.398 e. The third-order valence-corrected chi connectivity index (χ3v) is 2.85. The van der Waals surface area contributed by atoms with E-state index >= 15 is 0 Å². The number of hydrogen-bond acceptors (Lipinski definition) is 3. The number of anilines is 1. The molecular weight excluding hydrogens is 238 g/mol. The van der Waals surface area contributed by atoms with Crippen molar-refractivity contribution in [2.24, 2.45) is 0 Å². The summed E-state index contributed by atoms with van der Waals surface area (Å²) in [6.07, 6.45) is 2.45.